The number of aromatic nitrogens is 4. The van der Waals surface area contributed by atoms with Crippen LogP contribution in [0.25, 0.3) is 20.7 Å². The van der Waals surface area contributed by atoms with E-state index in [2.05, 4.69) is 42.1 Å². The van der Waals surface area contributed by atoms with Crippen LogP contribution in [0.3, 0.4) is 0 Å². The molecule has 4 aromatic rings. The van der Waals surface area contributed by atoms with E-state index in [-0.39, 0.29) is 12.6 Å². The largest absolute Gasteiger partial charge is 0.394 e. The van der Waals surface area contributed by atoms with E-state index in [1.165, 1.54) is 0 Å². The van der Waals surface area contributed by atoms with Crippen molar-refractivity contribution in [3.63, 3.8) is 0 Å². The molecule has 4 heterocycles. The Morgan fingerprint density at radius 1 is 1.03 bits per heavy atom. The summed E-state index contributed by atoms with van der Waals surface area (Å²) in [7, 11) is 2.16. The highest BCUT2D eigenvalue weighted by molar-refractivity contribution is 7.22. The molecule has 170 valence electrons. The van der Waals surface area contributed by atoms with Gasteiger partial charge in [-0.25, -0.2) is 19.9 Å². The first-order valence-electron chi connectivity index (χ1n) is 11.1. The van der Waals surface area contributed by atoms with Crippen LogP contribution < -0.4 is 5.32 Å². The predicted molar refractivity (Wildman–Crippen MR) is 131 cm³/mol. The number of anilines is 1. The SMILES string of the molecule is CN1CCN(Cc2ncc(-c3cc4ncnc(N[C@H](CO)c5ccccc5)c4s3)cn2)CC1. The van der Waals surface area contributed by atoms with E-state index in [1.807, 2.05) is 48.8 Å². The van der Waals surface area contributed by atoms with Crippen LogP contribution in [-0.2, 0) is 6.54 Å². The van der Waals surface area contributed by atoms with Crippen molar-refractivity contribution in [2.45, 2.75) is 12.6 Å². The van der Waals surface area contributed by atoms with Crippen molar-refractivity contribution in [1.82, 2.24) is 29.7 Å². The van der Waals surface area contributed by atoms with E-state index < -0.39 is 0 Å². The fourth-order valence-corrected chi connectivity index (χ4v) is 4.99. The van der Waals surface area contributed by atoms with E-state index in [4.69, 9.17) is 0 Å². The van der Waals surface area contributed by atoms with Gasteiger partial charge in [-0.2, -0.15) is 0 Å². The molecule has 0 saturated carbocycles. The summed E-state index contributed by atoms with van der Waals surface area (Å²) in [6, 6.07) is 11.7. The molecule has 2 N–H and O–H groups in total. The summed E-state index contributed by atoms with van der Waals surface area (Å²) in [5, 5.41) is 13.3. The van der Waals surface area contributed by atoms with Gasteiger partial charge in [-0.15, -0.1) is 11.3 Å². The first-order valence-corrected chi connectivity index (χ1v) is 11.9. The lowest BCUT2D eigenvalue weighted by molar-refractivity contribution is 0.145. The Kier molecular flexibility index (Phi) is 6.54. The molecule has 0 amide bonds. The van der Waals surface area contributed by atoms with E-state index in [1.54, 1.807) is 17.7 Å². The minimum absolute atomic E-state index is 0.0314. The summed E-state index contributed by atoms with van der Waals surface area (Å²) in [5.41, 5.74) is 2.83. The van der Waals surface area contributed by atoms with Crippen molar-refractivity contribution in [1.29, 1.82) is 0 Å². The number of aliphatic hydroxyl groups is 1. The van der Waals surface area contributed by atoms with Gasteiger partial charge in [-0.1, -0.05) is 30.3 Å². The number of aliphatic hydroxyl groups excluding tert-OH is 1. The molecular formula is C24H27N7OS. The molecular weight excluding hydrogens is 434 g/mol. The Bertz CT molecular complexity index is 1190. The summed E-state index contributed by atoms with van der Waals surface area (Å²) in [6.07, 6.45) is 5.34. The van der Waals surface area contributed by atoms with Gasteiger partial charge in [-0.3, -0.25) is 4.90 Å². The lowest BCUT2D eigenvalue weighted by Crippen LogP contribution is -2.44. The Balaban J connectivity index is 1.34. The van der Waals surface area contributed by atoms with Crippen molar-refractivity contribution < 1.29 is 5.11 Å². The van der Waals surface area contributed by atoms with Crippen molar-refractivity contribution in [2.24, 2.45) is 0 Å². The first-order chi connectivity index (χ1) is 16.2. The molecule has 8 nitrogen and oxygen atoms in total. The molecule has 0 unspecified atom stereocenters. The Labute approximate surface area is 197 Å². The van der Waals surface area contributed by atoms with Gasteiger partial charge < -0.3 is 15.3 Å². The molecule has 0 radical (unpaired) electrons. The smallest absolute Gasteiger partial charge is 0.148 e. The van der Waals surface area contributed by atoms with E-state index in [0.29, 0.717) is 5.82 Å². The van der Waals surface area contributed by atoms with Crippen LogP contribution in [0.4, 0.5) is 5.82 Å². The monoisotopic (exact) mass is 461 g/mol. The van der Waals surface area contributed by atoms with E-state index in [0.717, 1.165) is 64.8 Å². The molecule has 5 rings (SSSR count). The van der Waals surface area contributed by atoms with Crippen LogP contribution in [0.1, 0.15) is 17.4 Å². The number of fused-ring (bicyclic) bond motifs is 1. The van der Waals surface area contributed by atoms with Gasteiger partial charge in [0.25, 0.3) is 0 Å². The molecule has 0 bridgehead atoms. The molecule has 0 aliphatic carbocycles. The van der Waals surface area contributed by atoms with Crippen LogP contribution in [0, 0.1) is 0 Å². The second kappa shape index (κ2) is 9.88. The van der Waals surface area contributed by atoms with Crippen LogP contribution in [0.5, 0.6) is 0 Å². The number of likely N-dealkylation sites (N-methyl/N-ethyl adjacent to an activating group) is 1. The number of rotatable bonds is 7. The van der Waals surface area contributed by atoms with Crippen LogP contribution in [0.2, 0.25) is 0 Å². The van der Waals surface area contributed by atoms with Gasteiger partial charge in [-0.05, 0) is 18.7 Å². The molecule has 33 heavy (non-hydrogen) atoms. The summed E-state index contributed by atoms with van der Waals surface area (Å²) in [6.45, 7) is 5.00. The molecule has 1 aromatic carbocycles. The highest BCUT2D eigenvalue weighted by atomic mass is 32.1. The normalized spacial score (nSPS) is 16.2. The number of nitrogens with zero attached hydrogens (tertiary/aromatic N) is 6. The number of hydrogen-bond acceptors (Lipinski definition) is 9. The van der Waals surface area contributed by atoms with Crippen LogP contribution >= 0.6 is 11.3 Å². The fraction of sp³-hybridized carbons (Fsp3) is 0.333. The van der Waals surface area contributed by atoms with Crippen LogP contribution in [-0.4, -0.2) is 74.7 Å². The zero-order valence-corrected chi connectivity index (χ0v) is 19.4. The van der Waals surface area contributed by atoms with Gasteiger partial charge in [0.05, 0.1) is 29.4 Å². The van der Waals surface area contributed by atoms with Crippen molar-refractivity contribution in [3.8, 4) is 10.4 Å². The number of benzene rings is 1. The standard InChI is InChI=1S/C24H27N7OS/c1-30-7-9-31(10-8-30)14-22-25-12-18(13-26-22)21-11-19-23(33-21)24(28-16-27-19)29-20(15-32)17-5-3-2-4-6-17/h2-6,11-13,16,20,32H,7-10,14-15H2,1H3,(H,27,28,29)/t20-/m1/s1. The quantitative estimate of drug-likeness (QED) is 0.434. The topological polar surface area (TPSA) is 90.3 Å². The molecule has 1 fully saturated rings. The van der Waals surface area contributed by atoms with Crippen molar-refractivity contribution >= 4 is 27.4 Å². The minimum atomic E-state index is -0.243. The van der Waals surface area contributed by atoms with Crippen LogP contribution in [0.15, 0.2) is 55.1 Å². The van der Waals surface area contributed by atoms with Gasteiger partial charge in [0, 0.05) is 49.0 Å². The van der Waals surface area contributed by atoms with E-state index in [9.17, 15) is 5.11 Å². The number of thiophene rings is 1. The average molecular weight is 462 g/mol. The zero-order chi connectivity index (χ0) is 22.6. The third kappa shape index (κ3) is 5.01. The maximum Gasteiger partial charge on any atom is 0.148 e. The predicted octanol–water partition coefficient (Wildman–Crippen LogP) is 3.04. The van der Waals surface area contributed by atoms with Crippen molar-refractivity contribution in [3.05, 3.63) is 66.5 Å². The molecule has 1 saturated heterocycles. The third-order valence-electron chi connectivity index (χ3n) is 5.96. The number of nitrogens with one attached hydrogen (secondary N) is 1. The van der Waals surface area contributed by atoms with Gasteiger partial charge in [0.1, 0.15) is 18.0 Å². The summed E-state index contributed by atoms with van der Waals surface area (Å²) < 4.78 is 0.948. The maximum absolute atomic E-state index is 9.93. The average Bonchev–Trinajstić information content (AvgIpc) is 3.30. The fourth-order valence-electron chi connectivity index (χ4n) is 3.95. The second-order valence-corrected chi connectivity index (χ2v) is 9.36. The lowest BCUT2D eigenvalue weighted by atomic mass is 10.1. The summed E-state index contributed by atoms with van der Waals surface area (Å²) >= 11 is 1.60. The first kappa shape index (κ1) is 21.8. The molecule has 1 aliphatic rings. The molecule has 9 heteroatoms. The second-order valence-electron chi connectivity index (χ2n) is 8.30. The highest BCUT2D eigenvalue weighted by Gasteiger charge is 2.17. The Morgan fingerprint density at radius 2 is 1.79 bits per heavy atom. The number of hydrogen-bond donors (Lipinski definition) is 2. The van der Waals surface area contributed by atoms with E-state index >= 15 is 0 Å². The minimum Gasteiger partial charge on any atom is -0.394 e. The number of piperazine rings is 1. The van der Waals surface area contributed by atoms with Gasteiger partial charge >= 0.3 is 0 Å². The summed E-state index contributed by atoms with van der Waals surface area (Å²) in [5.74, 6) is 1.56. The molecule has 3 aromatic heterocycles. The van der Waals surface area contributed by atoms with Gasteiger partial charge in [0.15, 0.2) is 0 Å². The molecule has 1 atom stereocenters. The molecule has 1 aliphatic heterocycles. The third-order valence-corrected chi connectivity index (χ3v) is 7.14. The maximum atomic E-state index is 9.93. The molecule has 0 spiro atoms. The lowest BCUT2D eigenvalue weighted by Gasteiger charge is -2.31. The van der Waals surface area contributed by atoms with Crippen molar-refractivity contribution in [2.75, 3.05) is 45.2 Å². The summed E-state index contributed by atoms with van der Waals surface area (Å²) in [4.78, 5) is 23.9. The highest BCUT2D eigenvalue weighted by Crippen LogP contribution is 2.36. The zero-order valence-electron chi connectivity index (χ0n) is 18.6. The van der Waals surface area contributed by atoms with Gasteiger partial charge in [0.2, 0.25) is 0 Å². The Morgan fingerprint density at radius 3 is 2.52 bits per heavy atom. The Hall–Kier alpha value is -2.98.